The van der Waals surface area contributed by atoms with Crippen LogP contribution in [0, 0.1) is 16.0 Å². The average molecular weight is 365 g/mol. The maximum atomic E-state index is 10.9. The smallest absolute Gasteiger partial charge is 0.269 e. The predicted octanol–water partition coefficient (Wildman–Crippen LogP) is 3.87. The lowest BCUT2D eigenvalue weighted by molar-refractivity contribution is -0.384. The molecule has 0 amide bonds. The van der Waals surface area contributed by atoms with Crippen molar-refractivity contribution in [2.24, 2.45) is 5.92 Å². The van der Waals surface area contributed by atoms with Gasteiger partial charge in [0.15, 0.2) is 0 Å². The summed E-state index contributed by atoms with van der Waals surface area (Å²) in [4.78, 5) is 15.7. The Bertz CT molecular complexity index is 800. The van der Waals surface area contributed by atoms with Gasteiger partial charge in [0.2, 0.25) is 0 Å². The molecule has 0 saturated carbocycles. The normalized spacial score (nSPS) is 19.0. The summed E-state index contributed by atoms with van der Waals surface area (Å²) >= 11 is 0. The minimum atomic E-state index is -0.313. The lowest BCUT2D eigenvalue weighted by Crippen LogP contribution is -2.40. The fraction of sp³-hybridized carbons (Fsp3) is 0.455. The van der Waals surface area contributed by atoms with Crippen LogP contribution in [0.5, 0.6) is 0 Å². The molecule has 27 heavy (non-hydrogen) atoms. The van der Waals surface area contributed by atoms with E-state index in [1.807, 2.05) is 6.07 Å². The van der Waals surface area contributed by atoms with Gasteiger partial charge in [-0.15, -0.1) is 0 Å². The van der Waals surface area contributed by atoms with Crippen LogP contribution in [0.2, 0.25) is 0 Å². The predicted molar refractivity (Wildman–Crippen MR) is 107 cm³/mol. The van der Waals surface area contributed by atoms with Gasteiger partial charge < -0.3 is 0 Å². The van der Waals surface area contributed by atoms with Crippen LogP contribution in [0.1, 0.15) is 29.5 Å². The average Bonchev–Trinajstić information content (AvgIpc) is 2.70. The Kier molecular flexibility index (Phi) is 5.50. The largest absolute Gasteiger partial charge is 0.299 e. The molecule has 2 heterocycles. The molecule has 0 aromatic heterocycles. The lowest BCUT2D eigenvalue weighted by Gasteiger charge is -2.36. The van der Waals surface area contributed by atoms with Crippen molar-refractivity contribution < 1.29 is 4.92 Å². The maximum absolute atomic E-state index is 10.9. The van der Waals surface area contributed by atoms with Crippen LogP contribution in [-0.4, -0.2) is 40.9 Å². The lowest BCUT2D eigenvalue weighted by atomic mass is 9.93. The molecule has 5 heteroatoms. The van der Waals surface area contributed by atoms with Crippen molar-refractivity contribution in [2.45, 2.75) is 32.4 Å². The quantitative estimate of drug-likeness (QED) is 0.596. The van der Waals surface area contributed by atoms with Crippen molar-refractivity contribution in [1.29, 1.82) is 0 Å². The molecule has 0 radical (unpaired) electrons. The summed E-state index contributed by atoms with van der Waals surface area (Å²) in [6.45, 7) is 6.43. The second-order valence-corrected chi connectivity index (χ2v) is 7.90. The van der Waals surface area contributed by atoms with E-state index in [1.165, 1.54) is 43.5 Å². The fourth-order valence-corrected chi connectivity index (χ4v) is 4.43. The summed E-state index contributed by atoms with van der Waals surface area (Å²) in [6.07, 6.45) is 3.60. The van der Waals surface area contributed by atoms with E-state index in [0.717, 1.165) is 37.7 Å². The van der Waals surface area contributed by atoms with E-state index in [0.29, 0.717) is 0 Å². The number of benzene rings is 2. The topological polar surface area (TPSA) is 49.6 Å². The zero-order valence-corrected chi connectivity index (χ0v) is 15.7. The molecule has 0 N–H and O–H groups in total. The van der Waals surface area contributed by atoms with Gasteiger partial charge in [-0.05, 0) is 55.0 Å². The molecule has 0 aliphatic carbocycles. The third-order valence-electron chi connectivity index (χ3n) is 5.96. The summed E-state index contributed by atoms with van der Waals surface area (Å²) in [5.74, 6) is 0.761. The van der Waals surface area contributed by atoms with Crippen LogP contribution in [-0.2, 0) is 19.5 Å². The molecule has 4 rings (SSSR count). The summed E-state index contributed by atoms with van der Waals surface area (Å²) in [6, 6.07) is 15.9. The Morgan fingerprint density at radius 1 is 0.963 bits per heavy atom. The zero-order chi connectivity index (χ0) is 18.6. The summed E-state index contributed by atoms with van der Waals surface area (Å²) in [5, 5.41) is 10.9. The molecule has 0 spiro atoms. The van der Waals surface area contributed by atoms with Crippen molar-refractivity contribution >= 4 is 5.69 Å². The highest BCUT2D eigenvalue weighted by atomic mass is 16.6. The number of rotatable bonds is 5. The molecule has 5 nitrogen and oxygen atoms in total. The van der Waals surface area contributed by atoms with Crippen molar-refractivity contribution in [3.63, 3.8) is 0 Å². The standard InChI is InChI=1S/C22H27N3O2/c26-25(27)22-7-3-4-19(14-22)16-23-11-8-18(9-12-23)15-24-13-10-20-5-1-2-6-21(20)17-24/h1-7,14,18H,8-13,15-17H2. The Morgan fingerprint density at radius 2 is 1.74 bits per heavy atom. The molecule has 2 aliphatic rings. The fourth-order valence-electron chi connectivity index (χ4n) is 4.43. The number of hydrogen-bond donors (Lipinski definition) is 0. The van der Waals surface area contributed by atoms with Crippen molar-refractivity contribution in [1.82, 2.24) is 9.80 Å². The first-order valence-electron chi connectivity index (χ1n) is 9.92. The molecule has 0 atom stereocenters. The van der Waals surface area contributed by atoms with Gasteiger partial charge in [-0.1, -0.05) is 36.4 Å². The minimum absolute atomic E-state index is 0.188. The molecule has 2 aromatic carbocycles. The summed E-state index contributed by atoms with van der Waals surface area (Å²) in [7, 11) is 0. The van der Waals surface area contributed by atoms with Gasteiger partial charge in [0.05, 0.1) is 4.92 Å². The van der Waals surface area contributed by atoms with E-state index in [-0.39, 0.29) is 10.6 Å². The number of nitrogens with zero attached hydrogens (tertiary/aromatic N) is 3. The van der Waals surface area contributed by atoms with Crippen molar-refractivity contribution in [3.8, 4) is 0 Å². The first kappa shape index (κ1) is 18.1. The second-order valence-electron chi connectivity index (χ2n) is 7.90. The third kappa shape index (κ3) is 4.54. The molecule has 142 valence electrons. The Labute approximate surface area is 160 Å². The zero-order valence-electron chi connectivity index (χ0n) is 15.7. The summed E-state index contributed by atoms with van der Waals surface area (Å²) < 4.78 is 0. The van der Waals surface area contributed by atoms with E-state index < -0.39 is 0 Å². The molecule has 2 aliphatic heterocycles. The Morgan fingerprint density at radius 3 is 2.52 bits per heavy atom. The van der Waals surface area contributed by atoms with Gasteiger partial charge in [-0.25, -0.2) is 0 Å². The van der Waals surface area contributed by atoms with E-state index in [9.17, 15) is 10.1 Å². The highest BCUT2D eigenvalue weighted by Crippen LogP contribution is 2.24. The van der Waals surface area contributed by atoms with Gasteiger partial charge >= 0.3 is 0 Å². The Hall–Kier alpha value is -2.24. The number of hydrogen-bond acceptors (Lipinski definition) is 4. The highest BCUT2D eigenvalue weighted by Gasteiger charge is 2.23. The molecular formula is C22H27N3O2. The molecule has 1 fully saturated rings. The van der Waals surface area contributed by atoms with Crippen LogP contribution in [0.3, 0.4) is 0 Å². The van der Waals surface area contributed by atoms with Crippen molar-refractivity contribution in [2.75, 3.05) is 26.2 Å². The number of nitro groups is 1. The highest BCUT2D eigenvalue weighted by molar-refractivity contribution is 5.34. The van der Waals surface area contributed by atoms with E-state index in [1.54, 1.807) is 18.2 Å². The minimum Gasteiger partial charge on any atom is -0.299 e. The van der Waals surface area contributed by atoms with Gasteiger partial charge in [0.25, 0.3) is 5.69 Å². The van der Waals surface area contributed by atoms with Gasteiger partial charge in [-0.2, -0.15) is 0 Å². The van der Waals surface area contributed by atoms with Crippen molar-refractivity contribution in [3.05, 3.63) is 75.3 Å². The molecule has 2 aromatic rings. The van der Waals surface area contributed by atoms with Crippen LogP contribution < -0.4 is 0 Å². The molecule has 1 saturated heterocycles. The SMILES string of the molecule is O=[N+]([O-])c1cccc(CN2CCC(CN3CCc4ccccc4C3)CC2)c1. The van der Waals surface area contributed by atoms with E-state index >= 15 is 0 Å². The summed E-state index contributed by atoms with van der Waals surface area (Å²) in [5.41, 5.74) is 4.23. The van der Waals surface area contributed by atoms with Gasteiger partial charge in [-0.3, -0.25) is 19.9 Å². The van der Waals surface area contributed by atoms with Crippen LogP contribution in [0.15, 0.2) is 48.5 Å². The Balaban J connectivity index is 1.26. The number of non-ortho nitro benzene ring substituents is 1. The van der Waals surface area contributed by atoms with Crippen LogP contribution >= 0.6 is 0 Å². The second kappa shape index (κ2) is 8.19. The van der Waals surface area contributed by atoms with E-state index in [2.05, 4.69) is 34.1 Å². The number of piperidine rings is 1. The molecule has 0 unspecified atom stereocenters. The third-order valence-corrected chi connectivity index (χ3v) is 5.96. The van der Waals surface area contributed by atoms with Gasteiger partial charge in [0, 0.05) is 38.3 Å². The van der Waals surface area contributed by atoms with Gasteiger partial charge in [0.1, 0.15) is 0 Å². The first-order valence-corrected chi connectivity index (χ1v) is 9.92. The maximum Gasteiger partial charge on any atom is 0.269 e. The van der Waals surface area contributed by atoms with Crippen LogP contribution in [0.25, 0.3) is 0 Å². The number of likely N-dealkylation sites (tertiary alicyclic amines) is 1. The monoisotopic (exact) mass is 365 g/mol. The number of fused-ring (bicyclic) bond motifs is 1. The molecule has 0 bridgehead atoms. The first-order chi connectivity index (χ1) is 13.2. The number of nitro benzene ring substituents is 1. The van der Waals surface area contributed by atoms with Crippen LogP contribution in [0.4, 0.5) is 5.69 Å². The molecular weight excluding hydrogens is 338 g/mol. The van der Waals surface area contributed by atoms with E-state index in [4.69, 9.17) is 0 Å².